The lowest BCUT2D eigenvalue weighted by molar-refractivity contribution is -0.117. The monoisotopic (exact) mass is 350 g/mol. The van der Waals surface area contributed by atoms with Gasteiger partial charge in [-0.1, -0.05) is 29.8 Å². The second-order valence-corrected chi connectivity index (χ2v) is 5.37. The Labute approximate surface area is 133 Å². The van der Waals surface area contributed by atoms with Gasteiger partial charge in [0.25, 0.3) is 5.91 Å². The van der Waals surface area contributed by atoms with Crippen LogP contribution in [0.25, 0.3) is 6.08 Å². The third-order valence-corrected chi connectivity index (χ3v) is 3.13. The SMILES string of the molecule is CCCNC(=O)/C(C#N)=C/c1cc(Br)ccc1OCCC. The lowest BCUT2D eigenvalue weighted by Crippen LogP contribution is -2.25. The van der Waals surface area contributed by atoms with Crippen LogP contribution in [0, 0.1) is 11.3 Å². The van der Waals surface area contributed by atoms with Gasteiger partial charge in [-0.15, -0.1) is 0 Å². The number of carbonyl (C=O) groups excluding carboxylic acids is 1. The molecule has 1 N–H and O–H groups in total. The highest BCUT2D eigenvalue weighted by Crippen LogP contribution is 2.25. The van der Waals surface area contributed by atoms with Gasteiger partial charge in [0.05, 0.1) is 6.61 Å². The summed E-state index contributed by atoms with van der Waals surface area (Å²) in [4.78, 5) is 11.9. The van der Waals surface area contributed by atoms with Gasteiger partial charge in [-0.3, -0.25) is 4.79 Å². The molecule has 0 radical (unpaired) electrons. The third-order valence-electron chi connectivity index (χ3n) is 2.63. The van der Waals surface area contributed by atoms with Crippen LogP contribution in [0.3, 0.4) is 0 Å². The number of hydrogen-bond donors (Lipinski definition) is 1. The van der Waals surface area contributed by atoms with Gasteiger partial charge in [0, 0.05) is 16.6 Å². The molecule has 0 heterocycles. The first-order chi connectivity index (χ1) is 10.1. The number of ether oxygens (including phenoxy) is 1. The van der Waals surface area contributed by atoms with E-state index in [4.69, 9.17) is 10.00 Å². The van der Waals surface area contributed by atoms with E-state index in [1.54, 1.807) is 6.08 Å². The Balaban J connectivity index is 3.06. The zero-order valence-corrected chi connectivity index (χ0v) is 13.9. The molecule has 0 atom stereocenters. The summed E-state index contributed by atoms with van der Waals surface area (Å²) in [6, 6.07) is 7.46. The quantitative estimate of drug-likeness (QED) is 0.602. The van der Waals surface area contributed by atoms with Crippen LogP contribution < -0.4 is 10.1 Å². The second-order valence-electron chi connectivity index (χ2n) is 4.46. The summed E-state index contributed by atoms with van der Waals surface area (Å²) >= 11 is 3.39. The number of nitriles is 1. The molecule has 0 saturated carbocycles. The highest BCUT2D eigenvalue weighted by molar-refractivity contribution is 9.10. The van der Waals surface area contributed by atoms with Crippen LogP contribution in [-0.2, 0) is 4.79 Å². The smallest absolute Gasteiger partial charge is 0.261 e. The number of carbonyl (C=O) groups is 1. The van der Waals surface area contributed by atoms with E-state index >= 15 is 0 Å². The fourth-order valence-electron chi connectivity index (χ4n) is 1.61. The minimum Gasteiger partial charge on any atom is -0.493 e. The van der Waals surface area contributed by atoms with Crippen molar-refractivity contribution in [3.8, 4) is 11.8 Å². The van der Waals surface area contributed by atoms with Crippen molar-refractivity contribution in [2.24, 2.45) is 0 Å². The number of nitrogens with one attached hydrogen (secondary N) is 1. The standard InChI is InChI=1S/C16H19BrN2O2/c1-3-7-19-16(20)13(11-18)9-12-10-14(17)5-6-15(12)21-8-4-2/h5-6,9-10H,3-4,7-8H2,1-2H3,(H,19,20)/b13-9+. The van der Waals surface area contributed by atoms with Gasteiger partial charge >= 0.3 is 0 Å². The van der Waals surface area contributed by atoms with Crippen molar-refractivity contribution >= 4 is 27.9 Å². The van der Waals surface area contributed by atoms with E-state index in [1.165, 1.54) is 0 Å². The van der Waals surface area contributed by atoms with Gasteiger partial charge in [0.2, 0.25) is 0 Å². The summed E-state index contributed by atoms with van der Waals surface area (Å²) in [5, 5.41) is 11.9. The third kappa shape index (κ3) is 5.60. The van der Waals surface area contributed by atoms with E-state index in [9.17, 15) is 4.79 Å². The van der Waals surface area contributed by atoms with Crippen molar-refractivity contribution in [2.45, 2.75) is 26.7 Å². The van der Waals surface area contributed by atoms with E-state index in [0.717, 1.165) is 17.3 Å². The van der Waals surface area contributed by atoms with Crippen LogP contribution >= 0.6 is 15.9 Å². The van der Waals surface area contributed by atoms with E-state index in [2.05, 4.69) is 21.2 Å². The summed E-state index contributed by atoms with van der Waals surface area (Å²) in [7, 11) is 0. The molecular weight excluding hydrogens is 332 g/mol. The Bertz CT molecular complexity index is 562. The zero-order valence-electron chi connectivity index (χ0n) is 12.3. The molecule has 0 fully saturated rings. The van der Waals surface area contributed by atoms with Crippen molar-refractivity contribution in [1.29, 1.82) is 5.26 Å². The molecule has 4 nitrogen and oxygen atoms in total. The minimum atomic E-state index is -0.360. The summed E-state index contributed by atoms with van der Waals surface area (Å²) in [6.07, 6.45) is 3.27. The molecule has 0 aromatic heterocycles. The molecule has 0 bridgehead atoms. The molecule has 0 aliphatic carbocycles. The van der Waals surface area contributed by atoms with Crippen LogP contribution in [0.1, 0.15) is 32.3 Å². The maximum Gasteiger partial charge on any atom is 0.261 e. The molecule has 112 valence electrons. The van der Waals surface area contributed by atoms with Crippen LogP contribution in [-0.4, -0.2) is 19.1 Å². The summed E-state index contributed by atoms with van der Waals surface area (Å²) in [5.41, 5.74) is 0.781. The highest BCUT2D eigenvalue weighted by atomic mass is 79.9. The Kier molecular flexibility index (Phi) is 7.55. The normalized spacial score (nSPS) is 10.9. The van der Waals surface area contributed by atoms with Gasteiger partial charge in [-0.25, -0.2) is 0 Å². The molecule has 1 aromatic carbocycles. The Morgan fingerprint density at radius 2 is 2.19 bits per heavy atom. The first kappa shape index (κ1) is 17.3. The summed E-state index contributed by atoms with van der Waals surface area (Å²) in [5.74, 6) is 0.303. The average Bonchev–Trinajstić information content (AvgIpc) is 2.49. The number of nitrogens with zero attached hydrogens (tertiary/aromatic N) is 1. The number of hydrogen-bond acceptors (Lipinski definition) is 3. The van der Waals surface area contributed by atoms with Gasteiger partial charge in [0.15, 0.2) is 0 Å². The van der Waals surface area contributed by atoms with E-state index in [0.29, 0.717) is 24.5 Å². The predicted molar refractivity (Wildman–Crippen MR) is 86.8 cm³/mol. The average molecular weight is 351 g/mol. The molecule has 0 aliphatic heterocycles. The number of rotatable bonds is 7. The Morgan fingerprint density at radius 3 is 2.81 bits per heavy atom. The topological polar surface area (TPSA) is 62.1 Å². The van der Waals surface area contributed by atoms with Crippen molar-refractivity contribution < 1.29 is 9.53 Å². The first-order valence-electron chi connectivity index (χ1n) is 6.94. The molecule has 1 amide bonds. The maximum atomic E-state index is 11.9. The van der Waals surface area contributed by atoms with E-state index in [-0.39, 0.29) is 11.5 Å². The minimum absolute atomic E-state index is 0.0721. The van der Waals surface area contributed by atoms with Crippen LogP contribution in [0.2, 0.25) is 0 Å². The van der Waals surface area contributed by atoms with Crippen molar-refractivity contribution in [1.82, 2.24) is 5.32 Å². The highest BCUT2D eigenvalue weighted by Gasteiger charge is 2.10. The lowest BCUT2D eigenvalue weighted by atomic mass is 10.1. The van der Waals surface area contributed by atoms with Crippen LogP contribution in [0.5, 0.6) is 5.75 Å². The number of benzene rings is 1. The number of halogens is 1. The molecule has 0 saturated heterocycles. The Morgan fingerprint density at radius 1 is 1.43 bits per heavy atom. The van der Waals surface area contributed by atoms with Crippen molar-refractivity contribution in [3.05, 3.63) is 33.8 Å². The molecule has 0 aliphatic rings. The molecule has 5 heteroatoms. The lowest BCUT2D eigenvalue weighted by Gasteiger charge is -2.09. The zero-order chi connectivity index (χ0) is 15.7. The predicted octanol–water partition coefficient (Wildman–Crippen LogP) is 3.67. The van der Waals surface area contributed by atoms with Crippen LogP contribution in [0.4, 0.5) is 0 Å². The molecular formula is C16H19BrN2O2. The van der Waals surface area contributed by atoms with Gasteiger partial charge in [0.1, 0.15) is 17.4 Å². The first-order valence-corrected chi connectivity index (χ1v) is 7.74. The van der Waals surface area contributed by atoms with Crippen LogP contribution in [0.15, 0.2) is 28.2 Å². The fraction of sp³-hybridized carbons (Fsp3) is 0.375. The van der Waals surface area contributed by atoms with Crippen molar-refractivity contribution in [3.63, 3.8) is 0 Å². The van der Waals surface area contributed by atoms with Crippen molar-refractivity contribution in [2.75, 3.05) is 13.2 Å². The summed E-state index contributed by atoms with van der Waals surface area (Å²) in [6.45, 7) is 5.12. The molecule has 1 aromatic rings. The van der Waals surface area contributed by atoms with E-state index < -0.39 is 0 Å². The molecule has 0 unspecified atom stereocenters. The molecule has 0 spiro atoms. The van der Waals surface area contributed by atoms with Gasteiger partial charge in [-0.2, -0.15) is 5.26 Å². The van der Waals surface area contributed by atoms with Gasteiger partial charge < -0.3 is 10.1 Å². The van der Waals surface area contributed by atoms with E-state index in [1.807, 2.05) is 38.1 Å². The number of amides is 1. The second kappa shape index (κ2) is 9.19. The summed E-state index contributed by atoms with van der Waals surface area (Å²) < 4.78 is 6.51. The Hall–Kier alpha value is -1.80. The maximum absolute atomic E-state index is 11.9. The molecule has 1 rings (SSSR count). The molecule has 21 heavy (non-hydrogen) atoms. The van der Waals surface area contributed by atoms with Gasteiger partial charge in [-0.05, 0) is 37.1 Å². The largest absolute Gasteiger partial charge is 0.493 e. The fourth-order valence-corrected chi connectivity index (χ4v) is 1.99.